The smallest absolute Gasteiger partial charge is 0.303 e. The number of carbonyl (C=O) groups excluding carboxylic acids is 3. The Bertz CT molecular complexity index is 838. The maximum atomic E-state index is 12.1. The molecule has 0 N–H and O–H groups in total. The molecule has 0 aliphatic heterocycles. The number of benzene rings is 1. The van der Waals surface area contributed by atoms with Crippen molar-refractivity contribution in [2.75, 3.05) is 23.8 Å². The minimum absolute atomic E-state index is 0.00294. The number of carbonyl (C=O) groups is 3. The average Bonchev–Trinajstić information content (AvgIpc) is 2.54. The van der Waals surface area contributed by atoms with Crippen molar-refractivity contribution >= 4 is 43.3 Å². The second-order valence-corrected chi connectivity index (χ2v) is 9.16. The molecule has 0 spiro atoms. The third kappa shape index (κ3) is 8.71. The van der Waals surface area contributed by atoms with Crippen LogP contribution in [0.5, 0.6) is 0 Å². The molecule has 0 radical (unpaired) electrons. The summed E-state index contributed by atoms with van der Waals surface area (Å²) in [5.41, 5.74) is 2.11. The highest BCUT2D eigenvalue weighted by Gasteiger charge is 2.22. The maximum absolute atomic E-state index is 12.1. The van der Waals surface area contributed by atoms with Gasteiger partial charge in [-0.05, 0) is 36.6 Å². The van der Waals surface area contributed by atoms with E-state index >= 15 is 0 Å². The molecule has 1 atom stereocenters. The van der Waals surface area contributed by atoms with E-state index < -0.39 is 27.1 Å². The number of esters is 2. The third-order valence-corrected chi connectivity index (χ3v) is 4.98. The molecule has 8 nitrogen and oxygen atoms in total. The van der Waals surface area contributed by atoms with Crippen LogP contribution in [-0.4, -0.2) is 51.3 Å². The molecule has 0 heterocycles. The van der Waals surface area contributed by atoms with Gasteiger partial charge in [0.2, 0.25) is 15.0 Å². The Balaban J connectivity index is 3.02. The van der Waals surface area contributed by atoms with Crippen molar-refractivity contribution in [3.8, 4) is 0 Å². The number of ether oxygens (including phenoxy) is 2. The zero-order valence-corrected chi connectivity index (χ0v) is 17.8. The molecular formula is C18H24ClNO7S. The van der Waals surface area contributed by atoms with Crippen molar-refractivity contribution in [1.82, 2.24) is 0 Å². The number of aryl methyl sites for hydroxylation is 2. The van der Waals surface area contributed by atoms with Gasteiger partial charge in [0, 0.05) is 37.1 Å². The first-order valence-electron chi connectivity index (χ1n) is 8.49. The summed E-state index contributed by atoms with van der Waals surface area (Å²) in [6, 6.07) is 5.12. The fourth-order valence-corrected chi connectivity index (χ4v) is 3.24. The minimum atomic E-state index is -3.60. The van der Waals surface area contributed by atoms with Crippen molar-refractivity contribution < 1.29 is 32.3 Å². The molecular weight excluding hydrogens is 410 g/mol. The summed E-state index contributed by atoms with van der Waals surface area (Å²) in [5, 5.41) is 0. The van der Waals surface area contributed by atoms with Gasteiger partial charge in [0.15, 0.2) is 6.10 Å². The molecule has 0 saturated heterocycles. The lowest BCUT2D eigenvalue weighted by Gasteiger charge is -2.27. The van der Waals surface area contributed by atoms with Crippen LogP contribution in [0, 0.1) is 6.92 Å². The number of halogens is 1. The Morgan fingerprint density at radius 1 is 1.14 bits per heavy atom. The van der Waals surface area contributed by atoms with Crippen LogP contribution in [0.15, 0.2) is 18.2 Å². The molecule has 156 valence electrons. The highest BCUT2D eigenvalue weighted by atomic mass is 35.7. The fourth-order valence-electron chi connectivity index (χ4n) is 2.55. The Labute approximate surface area is 169 Å². The van der Waals surface area contributed by atoms with Crippen LogP contribution < -0.4 is 4.90 Å². The van der Waals surface area contributed by atoms with E-state index in [1.54, 1.807) is 25.1 Å². The molecule has 10 heteroatoms. The predicted octanol–water partition coefficient (Wildman–Crippen LogP) is 1.95. The summed E-state index contributed by atoms with van der Waals surface area (Å²) in [5.74, 6) is -1.58. The van der Waals surface area contributed by atoms with E-state index in [2.05, 4.69) is 0 Å². The molecule has 0 unspecified atom stereocenters. The normalized spacial score (nSPS) is 12.2. The number of hydrogen-bond donors (Lipinski definition) is 0. The number of rotatable bonds is 9. The summed E-state index contributed by atoms with van der Waals surface area (Å²) in [6.45, 7) is 5.43. The van der Waals surface area contributed by atoms with Crippen LogP contribution in [0.1, 0.15) is 31.9 Å². The van der Waals surface area contributed by atoms with Crippen molar-refractivity contribution in [2.45, 2.75) is 40.2 Å². The molecule has 0 aromatic heterocycles. The van der Waals surface area contributed by atoms with Gasteiger partial charge in [-0.15, -0.1) is 0 Å². The van der Waals surface area contributed by atoms with Gasteiger partial charge in [-0.25, -0.2) is 8.42 Å². The highest BCUT2D eigenvalue weighted by molar-refractivity contribution is 8.13. The van der Waals surface area contributed by atoms with Crippen molar-refractivity contribution in [3.63, 3.8) is 0 Å². The van der Waals surface area contributed by atoms with Gasteiger partial charge < -0.3 is 14.4 Å². The molecule has 0 aliphatic carbocycles. The van der Waals surface area contributed by atoms with E-state index in [0.717, 1.165) is 11.1 Å². The molecule has 0 aliphatic rings. The first-order chi connectivity index (χ1) is 12.9. The van der Waals surface area contributed by atoms with Gasteiger partial charge in [-0.3, -0.25) is 14.4 Å². The van der Waals surface area contributed by atoms with Gasteiger partial charge in [-0.1, -0.05) is 6.07 Å². The minimum Gasteiger partial charge on any atom is -0.462 e. The van der Waals surface area contributed by atoms with Gasteiger partial charge >= 0.3 is 11.9 Å². The Morgan fingerprint density at radius 3 is 2.25 bits per heavy atom. The molecule has 1 aromatic rings. The van der Waals surface area contributed by atoms with E-state index in [-0.39, 0.29) is 31.2 Å². The fraction of sp³-hybridized carbons (Fsp3) is 0.500. The lowest BCUT2D eigenvalue weighted by Crippen LogP contribution is -2.40. The third-order valence-electron chi connectivity index (χ3n) is 3.82. The van der Waals surface area contributed by atoms with Crippen LogP contribution in [0.3, 0.4) is 0 Å². The van der Waals surface area contributed by atoms with Crippen LogP contribution in [-0.2, 0) is 39.3 Å². The number of nitrogens with zero attached hydrogens (tertiary/aromatic N) is 1. The van der Waals surface area contributed by atoms with Crippen molar-refractivity contribution in [1.29, 1.82) is 0 Å². The van der Waals surface area contributed by atoms with E-state index in [9.17, 15) is 22.8 Å². The topological polar surface area (TPSA) is 107 Å². The van der Waals surface area contributed by atoms with Crippen LogP contribution in [0.25, 0.3) is 0 Å². The molecule has 0 fully saturated rings. The lowest BCUT2D eigenvalue weighted by atomic mass is 10.0. The Hall–Kier alpha value is -2.13. The van der Waals surface area contributed by atoms with E-state index in [0.29, 0.717) is 5.69 Å². The second kappa shape index (κ2) is 10.4. The van der Waals surface area contributed by atoms with Gasteiger partial charge in [-0.2, -0.15) is 0 Å². The van der Waals surface area contributed by atoms with E-state index in [1.165, 1.54) is 25.7 Å². The van der Waals surface area contributed by atoms with Crippen molar-refractivity contribution in [3.05, 3.63) is 29.3 Å². The number of anilines is 1. The lowest BCUT2D eigenvalue weighted by molar-refractivity contribution is -0.155. The molecule has 1 aromatic carbocycles. The molecule has 0 saturated carbocycles. The summed E-state index contributed by atoms with van der Waals surface area (Å²) >= 11 is 0. The second-order valence-electron chi connectivity index (χ2n) is 6.27. The Kier molecular flexibility index (Phi) is 8.90. The molecule has 1 amide bonds. The average molecular weight is 434 g/mol. The summed E-state index contributed by atoms with van der Waals surface area (Å²) < 4.78 is 32.3. The van der Waals surface area contributed by atoms with Gasteiger partial charge in [0.1, 0.15) is 6.61 Å². The standard InChI is InChI=1S/C18H24ClNO7S/c1-12-9-17(6-5-16(12)7-8-28(19,24)25)20(13(2)21)10-18(27-15(4)23)11-26-14(3)22/h5-6,9,18H,7-8,10-11H2,1-4H3/t18-/m0/s1. The quantitative estimate of drug-likeness (QED) is 0.432. The SMILES string of the molecule is CC(=O)OC[C@H](CN(C(C)=O)c1ccc(CCS(=O)(=O)Cl)c(C)c1)OC(C)=O. The molecule has 28 heavy (non-hydrogen) atoms. The predicted molar refractivity (Wildman–Crippen MR) is 105 cm³/mol. The number of amides is 1. The van der Waals surface area contributed by atoms with E-state index in [1.807, 2.05) is 0 Å². The summed E-state index contributed by atoms with van der Waals surface area (Å²) in [4.78, 5) is 35.9. The zero-order chi connectivity index (χ0) is 21.5. The van der Waals surface area contributed by atoms with Crippen LogP contribution >= 0.6 is 10.7 Å². The molecule has 1 rings (SSSR count). The first-order valence-corrected chi connectivity index (χ1v) is 11.0. The van der Waals surface area contributed by atoms with Crippen LogP contribution in [0.4, 0.5) is 5.69 Å². The monoisotopic (exact) mass is 433 g/mol. The largest absolute Gasteiger partial charge is 0.462 e. The van der Waals surface area contributed by atoms with Crippen LogP contribution in [0.2, 0.25) is 0 Å². The first kappa shape index (κ1) is 23.9. The van der Waals surface area contributed by atoms with Gasteiger partial charge in [0.25, 0.3) is 0 Å². The maximum Gasteiger partial charge on any atom is 0.303 e. The Morgan fingerprint density at radius 2 is 1.79 bits per heavy atom. The van der Waals surface area contributed by atoms with Crippen molar-refractivity contribution in [2.24, 2.45) is 0 Å². The van der Waals surface area contributed by atoms with E-state index in [4.69, 9.17) is 20.2 Å². The molecule has 0 bridgehead atoms. The highest BCUT2D eigenvalue weighted by Crippen LogP contribution is 2.21. The summed E-state index contributed by atoms with van der Waals surface area (Å²) in [7, 11) is 1.65. The van der Waals surface area contributed by atoms with Gasteiger partial charge in [0.05, 0.1) is 12.3 Å². The zero-order valence-electron chi connectivity index (χ0n) is 16.2. The summed E-state index contributed by atoms with van der Waals surface area (Å²) in [6.07, 6.45) is -0.577. The number of hydrogen-bond acceptors (Lipinski definition) is 7.